The van der Waals surface area contributed by atoms with Crippen molar-refractivity contribution >= 4 is 32.5 Å². The molecule has 1 unspecified atom stereocenters. The Balaban J connectivity index is 2.89. The molecule has 0 radical (unpaired) electrons. The summed E-state index contributed by atoms with van der Waals surface area (Å²) in [5, 5.41) is 0.169. The Morgan fingerprint density at radius 3 is 2.59 bits per heavy atom. The molecule has 9 heteroatoms. The molecular formula is C8H13N3O4S2. The molecule has 17 heavy (non-hydrogen) atoms. The van der Waals surface area contributed by atoms with Crippen LogP contribution in [0.25, 0.3) is 0 Å². The lowest BCUT2D eigenvalue weighted by Gasteiger charge is -2.13. The number of rotatable bonds is 4. The van der Waals surface area contributed by atoms with Crippen LogP contribution in [0.2, 0.25) is 0 Å². The van der Waals surface area contributed by atoms with Gasteiger partial charge in [0, 0.05) is 6.92 Å². The fourth-order valence-electron chi connectivity index (χ4n) is 1.20. The minimum atomic E-state index is -3.77. The zero-order valence-electron chi connectivity index (χ0n) is 9.55. The van der Waals surface area contributed by atoms with Gasteiger partial charge < -0.3 is 10.5 Å². The van der Waals surface area contributed by atoms with Crippen molar-refractivity contribution < 1.29 is 17.9 Å². The van der Waals surface area contributed by atoms with Crippen LogP contribution in [0.1, 0.15) is 19.5 Å². The maximum atomic E-state index is 11.9. The highest BCUT2D eigenvalue weighted by molar-refractivity contribution is 7.91. The third kappa shape index (κ3) is 3.65. The Labute approximate surface area is 103 Å². The molecule has 0 bridgehead atoms. The summed E-state index contributed by atoms with van der Waals surface area (Å²) >= 11 is 0.858. The fraction of sp³-hybridized carbons (Fsp3) is 0.500. The summed E-state index contributed by atoms with van der Waals surface area (Å²) in [6, 6.07) is 0. The number of carbonyl (C=O) groups is 1. The number of nitrogens with two attached hydrogens (primary N) is 1. The molecule has 1 rings (SSSR count). The number of anilines is 1. The van der Waals surface area contributed by atoms with Crippen LogP contribution in [0.4, 0.5) is 5.13 Å². The first-order valence-electron chi connectivity index (χ1n) is 4.65. The highest BCUT2D eigenvalue weighted by Gasteiger charge is 2.24. The Hall–Kier alpha value is -1.19. The van der Waals surface area contributed by atoms with Crippen molar-refractivity contribution in [3.8, 4) is 0 Å². The highest BCUT2D eigenvalue weighted by atomic mass is 32.2. The minimum absolute atomic E-state index is 0.0222. The van der Waals surface area contributed by atoms with E-state index in [4.69, 9.17) is 5.73 Å². The number of aromatic nitrogens is 1. The predicted octanol–water partition coefficient (Wildman–Crippen LogP) is 0.221. The van der Waals surface area contributed by atoms with E-state index in [0.29, 0.717) is 5.69 Å². The number of nitrogen functional groups attached to an aromatic ring is 1. The lowest BCUT2D eigenvalue weighted by Crippen LogP contribution is -2.35. The van der Waals surface area contributed by atoms with Gasteiger partial charge in [-0.1, -0.05) is 11.3 Å². The summed E-state index contributed by atoms with van der Waals surface area (Å²) < 4.78 is 30.6. The standard InChI is InChI=1S/C8H13N3O4S2/c1-4-7(16-8(9)10-4)17(13,14)11-5(2)15-6(3)12/h5,11H,1-3H3,(H2,9,10). The van der Waals surface area contributed by atoms with Crippen LogP contribution in [-0.4, -0.2) is 25.6 Å². The molecule has 0 saturated carbocycles. The van der Waals surface area contributed by atoms with Crippen molar-refractivity contribution in [3.05, 3.63) is 5.69 Å². The van der Waals surface area contributed by atoms with Gasteiger partial charge in [0.25, 0.3) is 10.0 Å². The Bertz CT molecular complexity index is 523. The number of hydrogen-bond acceptors (Lipinski definition) is 7. The van der Waals surface area contributed by atoms with Gasteiger partial charge in [0.05, 0.1) is 5.69 Å². The number of hydrogen-bond donors (Lipinski definition) is 2. The Kier molecular flexibility index (Phi) is 4.07. The van der Waals surface area contributed by atoms with Crippen molar-refractivity contribution in [2.45, 2.75) is 31.2 Å². The van der Waals surface area contributed by atoms with E-state index >= 15 is 0 Å². The summed E-state index contributed by atoms with van der Waals surface area (Å²) in [5.74, 6) is -0.569. The lowest BCUT2D eigenvalue weighted by atomic mass is 10.6. The van der Waals surface area contributed by atoms with Crippen molar-refractivity contribution in [2.75, 3.05) is 5.73 Å². The first-order valence-corrected chi connectivity index (χ1v) is 6.95. The van der Waals surface area contributed by atoms with Crippen LogP contribution in [0, 0.1) is 6.92 Å². The molecular weight excluding hydrogens is 266 g/mol. The Morgan fingerprint density at radius 1 is 1.59 bits per heavy atom. The van der Waals surface area contributed by atoms with Gasteiger partial charge >= 0.3 is 5.97 Å². The molecule has 0 aliphatic heterocycles. The maximum Gasteiger partial charge on any atom is 0.304 e. The summed E-state index contributed by atoms with van der Waals surface area (Å²) in [4.78, 5) is 14.5. The third-order valence-electron chi connectivity index (χ3n) is 1.68. The van der Waals surface area contributed by atoms with Gasteiger partial charge in [0.2, 0.25) is 0 Å². The zero-order chi connectivity index (χ0) is 13.2. The van der Waals surface area contributed by atoms with Gasteiger partial charge in [0.1, 0.15) is 0 Å². The van der Waals surface area contributed by atoms with E-state index in [-0.39, 0.29) is 9.34 Å². The first-order chi connectivity index (χ1) is 7.72. The van der Waals surface area contributed by atoms with Gasteiger partial charge in [-0.05, 0) is 13.8 Å². The predicted molar refractivity (Wildman–Crippen MR) is 62.8 cm³/mol. The lowest BCUT2D eigenvalue weighted by molar-refractivity contribution is -0.145. The van der Waals surface area contributed by atoms with Crippen LogP contribution < -0.4 is 10.5 Å². The maximum absolute atomic E-state index is 11.9. The molecule has 1 aromatic rings. The molecule has 1 atom stereocenters. The van der Waals surface area contributed by atoms with E-state index in [1.807, 2.05) is 0 Å². The number of esters is 1. The van der Waals surface area contributed by atoms with Crippen LogP contribution in [-0.2, 0) is 19.6 Å². The van der Waals surface area contributed by atoms with E-state index in [0.717, 1.165) is 11.3 Å². The van der Waals surface area contributed by atoms with Crippen LogP contribution in [0.3, 0.4) is 0 Å². The van der Waals surface area contributed by atoms with E-state index in [2.05, 4.69) is 14.4 Å². The topological polar surface area (TPSA) is 111 Å². The number of ether oxygens (including phenoxy) is 1. The SMILES string of the molecule is CC(=O)OC(C)NS(=O)(=O)c1sc(N)nc1C. The summed E-state index contributed by atoms with van der Waals surface area (Å²) in [5.41, 5.74) is 5.73. The number of aryl methyl sites for hydroxylation is 1. The number of nitrogens with zero attached hydrogens (tertiary/aromatic N) is 1. The van der Waals surface area contributed by atoms with Gasteiger partial charge in [0.15, 0.2) is 15.6 Å². The quantitative estimate of drug-likeness (QED) is 0.602. The minimum Gasteiger partial charge on any atom is -0.446 e. The molecule has 3 N–H and O–H groups in total. The number of nitrogens with one attached hydrogen (secondary N) is 1. The summed E-state index contributed by atoms with van der Waals surface area (Å²) in [7, 11) is -3.77. The smallest absolute Gasteiger partial charge is 0.304 e. The molecule has 0 amide bonds. The van der Waals surface area contributed by atoms with Gasteiger partial charge in [-0.2, -0.15) is 4.72 Å². The largest absolute Gasteiger partial charge is 0.446 e. The van der Waals surface area contributed by atoms with E-state index < -0.39 is 22.2 Å². The Morgan fingerprint density at radius 2 is 2.18 bits per heavy atom. The summed E-state index contributed by atoms with van der Waals surface area (Å²) in [6.45, 7) is 4.15. The van der Waals surface area contributed by atoms with Crippen molar-refractivity contribution in [1.82, 2.24) is 9.71 Å². The average molecular weight is 279 g/mol. The van der Waals surface area contributed by atoms with Crippen LogP contribution >= 0.6 is 11.3 Å². The van der Waals surface area contributed by atoms with Crippen molar-refractivity contribution in [3.63, 3.8) is 0 Å². The molecule has 0 aliphatic carbocycles. The average Bonchev–Trinajstić information content (AvgIpc) is 2.42. The van der Waals surface area contributed by atoms with Crippen LogP contribution in [0.5, 0.6) is 0 Å². The molecule has 0 aromatic carbocycles. The molecule has 7 nitrogen and oxygen atoms in total. The summed E-state index contributed by atoms with van der Waals surface area (Å²) in [6.07, 6.45) is -0.944. The van der Waals surface area contributed by atoms with E-state index in [9.17, 15) is 13.2 Å². The molecule has 1 heterocycles. The molecule has 1 aromatic heterocycles. The zero-order valence-corrected chi connectivity index (χ0v) is 11.2. The first kappa shape index (κ1) is 13.9. The van der Waals surface area contributed by atoms with Crippen molar-refractivity contribution in [2.24, 2.45) is 0 Å². The second-order valence-corrected chi connectivity index (χ2v) is 6.24. The molecule has 96 valence electrons. The van der Waals surface area contributed by atoms with E-state index in [1.165, 1.54) is 20.8 Å². The number of thiazole rings is 1. The van der Waals surface area contributed by atoms with Gasteiger partial charge in [-0.3, -0.25) is 4.79 Å². The van der Waals surface area contributed by atoms with E-state index in [1.54, 1.807) is 0 Å². The highest BCUT2D eigenvalue weighted by Crippen LogP contribution is 2.24. The second kappa shape index (κ2) is 4.98. The van der Waals surface area contributed by atoms with Crippen LogP contribution in [0.15, 0.2) is 4.21 Å². The third-order valence-corrected chi connectivity index (χ3v) is 4.79. The monoisotopic (exact) mass is 279 g/mol. The fourth-order valence-corrected chi connectivity index (χ4v) is 3.63. The normalized spacial score (nSPS) is 13.4. The van der Waals surface area contributed by atoms with Gasteiger partial charge in [-0.15, -0.1) is 0 Å². The van der Waals surface area contributed by atoms with Crippen molar-refractivity contribution in [1.29, 1.82) is 0 Å². The molecule has 0 fully saturated rings. The number of sulfonamides is 1. The molecule has 0 spiro atoms. The molecule has 0 aliphatic rings. The molecule has 0 saturated heterocycles. The second-order valence-electron chi connectivity index (χ2n) is 3.30. The number of carbonyl (C=O) groups excluding carboxylic acids is 1. The van der Waals surface area contributed by atoms with Gasteiger partial charge in [-0.25, -0.2) is 13.4 Å².